The molecule has 16 nitrogen and oxygen atoms in total. The summed E-state index contributed by atoms with van der Waals surface area (Å²) in [5.41, 5.74) is 0.762. The number of alkyl halides is 6. The lowest BCUT2D eigenvalue weighted by atomic mass is 10.0. The number of aliphatic carboxylic acids is 2. The molecule has 0 bridgehead atoms. The molecule has 6 rings (SSSR count). The zero-order valence-corrected chi connectivity index (χ0v) is 40.8. The third-order valence-corrected chi connectivity index (χ3v) is 13.0. The number of urea groups is 2. The molecular weight excluding hydrogens is 1020 g/mol. The smallest absolute Gasteiger partial charge is 0.412 e. The molecular formula is C44H48Cl4F6N10O6. The molecule has 4 heterocycles. The van der Waals surface area contributed by atoms with Gasteiger partial charge in [0.2, 0.25) is 0 Å². The molecule has 4 N–H and O–H groups in total. The van der Waals surface area contributed by atoms with Crippen molar-refractivity contribution in [3.63, 3.8) is 0 Å². The van der Waals surface area contributed by atoms with E-state index in [0.717, 1.165) is 26.2 Å². The van der Waals surface area contributed by atoms with Crippen LogP contribution < -0.4 is 10.6 Å². The molecule has 2 aliphatic heterocycles. The van der Waals surface area contributed by atoms with Crippen LogP contribution in [0.15, 0.2) is 73.6 Å². The number of nitrogens with one attached hydrogen (secondary N) is 2. The van der Waals surface area contributed by atoms with E-state index < -0.39 is 48.4 Å². The molecule has 2 aliphatic rings. The highest BCUT2D eigenvalue weighted by atomic mass is 35.5. The lowest BCUT2D eigenvalue weighted by Crippen LogP contribution is -2.50. The van der Waals surface area contributed by atoms with Gasteiger partial charge in [-0.1, -0.05) is 70.7 Å². The average Bonchev–Trinajstić information content (AvgIpc) is 3.31. The van der Waals surface area contributed by atoms with E-state index in [1.807, 2.05) is 14.1 Å². The van der Waals surface area contributed by atoms with E-state index in [4.69, 9.17) is 56.6 Å². The summed E-state index contributed by atoms with van der Waals surface area (Å²) in [5.74, 6) is -2.51. The Kier molecular flexibility index (Phi) is 20.8. The molecule has 4 amide bonds. The van der Waals surface area contributed by atoms with Crippen LogP contribution >= 0.6 is 46.4 Å². The molecule has 26 heteroatoms. The number of carbonyl (C=O) groups excluding carboxylic acids is 2. The summed E-state index contributed by atoms with van der Waals surface area (Å²) < 4.78 is 83.4. The number of hydrogen-bond acceptors (Lipinski definition) is 10. The molecule has 0 unspecified atom stereocenters. The molecule has 0 saturated carbocycles. The number of carboxylic acids is 2. The third kappa shape index (κ3) is 16.0. The fourth-order valence-corrected chi connectivity index (χ4v) is 8.29. The number of benzene rings is 2. The highest BCUT2D eigenvalue weighted by Crippen LogP contribution is 2.44. The SMILES string of the molecule is CN1CCC(N(C)C(=O)N[C@@H](c2ccc(-c3cnccn3)c(Cl)c2Cl)C(F)(F)F)CC1.CN1CCC(N(C)C(=O)N[C@@H](c2ccc(-c3cnccn3)c(Cl)c2Cl)C(F)(F)F)CC1.O=C(O)/C=C/C(=O)O. The Balaban J connectivity index is 0.000000264. The Morgan fingerprint density at radius 2 is 0.943 bits per heavy atom. The molecule has 4 aromatic rings. The van der Waals surface area contributed by atoms with Crippen LogP contribution in [-0.2, 0) is 9.59 Å². The number of nitrogens with zero attached hydrogens (tertiary/aromatic N) is 8. The summed E-state index contributed by atoms with van der Waals surface area (Å²) >= 11 is 25.0. The molecule has 2 fully saturated rings. The van der Waals surface area contributed by atoms with Crippen molar-refractivity contribution in [1.29, 1.82) is 0 Å². The van der Waals surface area contributed by atoms with Gasteiger partial charge in [-0.25, -0.2) is 19.2 Å². The molecule has 2 aromatic heterocycles. The number of carboxylic acid groups (broad SMARTS) is 2. The first kappa shape index (κ1) is 57.1. The highest BCUT2D eigenvalue weighted by Gasteiger charge is 2.46. The van der Waals surface area contributed by atoms with E-state index in [9.17, 15) is 45.5 Å². The van der Waals surface area contributed by atoms with Gasteiger partial charge in [-0.05, 0) is 66.0 Å². The molecule has 380 valence electrons. The second-order valence-electron chi connectivity index (χ2n) is 16.0. The number of piperidine rings is 2. The lowest BCUT2D eigenvalue weighted by molar-refractivity contribution is -0.156. The predicted molar refractivity (Wildman–Crippen MR) is 251 cm³/mol. The van der Waals surface area contributed by atoms with E-state index in [2.05, 4.69) is 40.4 Å². The van der Waals surface area contributed by atoms with Gasteiger partial charge in [-0.2, -0.15) is 26.3 Å². The minimum atomic E-state index is -4.77. The van der Waals surface area contributed by atoms with Crippen LogP contribution in [0.25, 0.3) is 22.5 Å². The first-order valence-electron chi connectivity index (χ1n) is 21.0. The van der Waals surface area contributed by atoms with Crippen molar-refractivity contribution in [2.45, 2.75) is 62.2 Å². The van der Waals surface area contributed by atoms with Crippen LogP contribution in [0, 0.1) is 0 Å². The fraction of sp³-hybridized carbons (Fsp3) is 0.409. The quantitative estimate of drug-likeness (QED) is 0.0869. The summed E-state index contributed by atoms with van der Waals surface area (Å²) in [7, 11) is 6.94. The van der Waals surface area contributed by atoms with Gasteiger partial charge in [0, 0.05) is 85.4 Å². The Hall–Kier alpha value is -5.52. The fourth-order valence-electron chi connectivity index (χ4n) is 7.21. The minimum Gasteiger partial charge on any atom is -0.478 e. The number of likely N-dealkylation sites (tertiary alicyclic amines) is 2. The van der Waals surface area contributed by atoms with Crippen LogP contribution in [0.2, 0.25) is 20.1 Å². The van der Waals surface area contributed by atoms with Crippen molar-refractivity contribution in [1.82, 2.24) is 50.2 Å². The third-order valence-electron chi connectivity index (χ3n) is 11.2. The molecule has 2 aromatic carbocycles. The van der Waals surface area contributed by atoms with Gasteiger partial charge in [-0.15, -0.1) is 0 Å². The molecule has 0 radical (unpaired) electrons. The maximum absolute atomic E-state index is 13.9. The van der Waals surface area contributed by atoms with E-state index in [1.54, 1.807) is 0 Å². The van der Waals surface area contributed by atoms with Crippen molar-refractivity contribution >= 4 is 70.4 Å². The predicted octanol–water partition coefficient (Wildman–Crippen LogP) is 9.29. The van der Waals surface area contributed by atoms with Gasteiger partial charge in [0.05, 0.1) is 43.9 Å². The normalized spacial score (nSPS) is 15.9. The monoisotopic (exact) mass is 1070 g/mol. The van der Waals surface area contributed by atoms with Gasteiger partial charge in [0.25, 0.3) is 0 Å². The van der Waals surface area contributed by atoms with Gasteiger partial charge >= 0.3 is 36.4 Å². The Morgan fingerprint density at radius 1 is 0.614 bits per heavy atom. The van der Waals surface area contributed by atoms with Crippen molar-refractivity contribution in [3.8, 4) is 22.5 Å². The van der Waals surface area contributed by atoms with Crippen LogP contribution in [0.1, 0.15) is 48.9 Å². The Labute approximate surface area is 418 Å². The summed E-state index contributed by atoms with van der Waals surface area (Å²) in [6.07, 6.45) is 2.98. The Bertz CT molecular complexity index is 2280. The number of amides is 4. The first-order valence-corrected chi connectivity index (χ1v) is 22.5. The largest absolute Gasteiger partial charge is 0.478 e. The van der Waals surface area contributed by atoms with E-state index in [0.29, 0.717) is 60.4 Å². The van der Waals surface area contributed by atoms with Crippen LogP contribution in [-0.4, -0.2) is 153 Å². The second kappa shape index (κ2) is 25.6. The van der Waals surface area contributed by atoms with Crippen molar-refractivity contribution in [2.75, 3.05) is 54.4 Å². The number of hydrogen-bond donors (Lipinski definition) is 4. The van der Waals surface area contributed by atoms with E-state index in [1.165, 1.54) is 85.3 Å². The van der Waals surface area contributed by atoms with Gasteiger partial charge in [0.1, 0.15) is 0 Å². The molecule has 2 saturated heterocycles. The standard InChI is InChI=1S/2C20H22Cl2F3N5O.C4H4O4/c2*1-29-9-5-12(6-10-29)30(2)19(31)28-18(20(23,24)25)14-4-3-13(16(21)17(14)22)15-11-26-7-8-27-15;5-3(6)1-2-4(7)8/h2*3-4,7-8,11-12,18H,5-6,9-10H2,1-2H3,(H,28,31);1-2H,(H,5,6)(H,7,8)/b;;2-1+/t2*18-;/m00./s1. The zero-order valence-electron chi connectivity index (χ0n) is 37.8. The molecule has 0 spiro atoms. The van der Waals surface area contributed by atoms with E-state index >= 15 is 0 Å². The average molecular weight is 1070 g/mol. The lowest BCUT2D eigenvalue weighted by Gasteiger charge is -2.36. The van der Waals surface area contributed by atoms with Crippen LogP contribution in [0.5, 0.6) is 0 Å². The first-order chi connectivity index (χ1) is 32.8. The topological polar surface area (TPSA) is 197 Å². The molecule has 0 aliphatic carbocycles. The van der Waals surface area contributed by atoms with Crippen LogP contribution in [0.4, 0.5) is 35.9 Å². The molecule has 70 heavy (non-hydrogen) atoms. The van der Waals surface area contributed by atoms with E-state index in [-0.39, 0.29) is 43.3 Å². The highest BCUT2D eigenvalue weighted by molar-refractivity contribution is 6.44. The summed E-state index contributed by atoms with van der Waals surface area (Å²) in [6, 6.07) is -1.35. The van der Waals surface area contributed by atoms with Gasteiger partial charge in [0.15, 0.2) is 12.1 Å². The van der Waals surface area contributed by atoms with Crippen LogP contribution in [0.3, 0.4) is 0 Å². The number of rotatable bonds is 10. The van der Waals surface area contributed by atoms with Crippen molar-refractivity contribution < 1.29 is 55.7 Å². The number of halogens is 10. The molecule has 2 atom stereocenters. The number of aromatic nitrogens is 4. The second-order valence-corrected chi connectivity index (χ2v) is 17.5. The van der Waals surface area contributed by atoms with Crippen molar-refractivity contribution in [2.24, 2.45) is 0 Å². The summed E-state index contributed by atoms with van der Waals surface area (Å²) in [6.45, 7) is 3.10. The summed E-state index contributed by atoms with van der Waals surface area (Å²) in [5, 5.41) is 19.0. The maximum Gasteiger partial charge on any atom is 0.412 e. The van der Waals surface area contributed by atoms with Crippen molar-refractivity contribution in [3.05, 3.63) is 105 Å². The minimum absolute atomic E-state index is 0.0909. The zero-order chi connectivity index (χ0) is 52.1. The Morgan fingerprint density at radius 3 is 1.21 bits per heavy atom. The summed E-state index contributed by atoms with van der Waals surface area (Å²) in [4.78, 5) is 67.3. The van der Waals surface area contributed by atoms with Gasteiger partial charge < -0.3 is 40.4 Å². The van der Waals surface area contributed by atoms with Gasteiger partial charge in [-0.3, -0.25) is 19.9 Å². The number of carbonyl (C=O) groups is 4. The maximum atomic E-state index is 13.9.